The van der Waals surface area contributed by atoms with E-state index < -0.39 is 0 Å². The van der Waals surface area contributed by atoms with Crippen molar-refractivity contribution in [1.82, 2.24) is 10.2 Å². The van der Waals surface area contributed by atoms with E-state index in [2.05, 4.69) is 110 Å². The van der Waals surface area contributed by atoms with Gasteiger partial charge in [0.05, 0.1) is 5.38 Å². The van der Waals surface area contributed by atoms with E-state index in [1.165, 1.54) is 52.1 Å². The summed E-state index contributed by atoms with van der Waals surface area (Å²) in [6, 6.07) is 10.0. The van der Waals surface area contributed by atoms with Crippen molar-refractivity contribution in [2.24, 2.45) is 0 Å². The number of hydrogen-bond donors (Lipinski definition) is 1. The number of nitrogens with zero attached hydrogens (tertiary/aromatic N) is 2. The second-order valence-corrected chi connectivity index (χ2v) is 12.5. The third-order valence-corrected chi connectivity index (χ3v) is 10.1. The van der Waals surface area contributed by atoms with Gasteiger partial charge in [0.2, 0.25) is 0 Å². The van der Waals surface area contributed by atoms with E-state index >= 15 is 0 Å². The van der Waals surface area contributed by atoms with Crippen LogP contribution in [0.15, 0.2) is 95.3 Å². The Morgan fingerprint density at radius 3 is 2.33 bits per heavy atom. The summed E-state index contributed by atoms with van der Waals surface area (Å²) in [5, 5.41) is 4.05. The van der Waals surface area contributed by atoms with Crippen molar-refractivity contribution >= 4 is 17.3 Å². The zero-order valence-electron chi connectivity index (χ0n) is 26.8. The van der Waals surface area contributed by atoms with Gasteiger partial charge >= 0.3 is 0 Å². The van der Waals surface area contributed by atoms with E-state index in [4.69, 9.17) is 18.2 Å². The molecule has 3 aliphatic rings. The van der Waals surface area contributed by atoms with Crippen molar-refractivity contribution in [1.29, 1.82) is 0 Å². The molecule has 42 heavy (non-hydrogen) atoms. The fourth-order valence-electron chi connectivity index (χ4n) is 7.05. The SMILES string of the molecule is C=C(C1=C(/C(=C\C)NC2CCCCC2Cl)C=CCC1)C(C1=CCC(N(CC)CC)C=C1)c1ccc(N(CC)CC)cc1. The molecule has 0 aromatic heterocycles. The van der Waals surface area contributed by atoms with Crippen LogP contribution in [0.25, 0.3) is 0 Å². The minimum atomic E-state index is 0.120. The van der Waals surface area contributed by atoms with Crippen LogP contribution in [0.1, 0.15) is 91.0 Å². The summed E-state index contributed by atoms with van der Waals surface area (Å²) >= 11 is 6.80. The van der Waals surface area contributed by atoms with Gasteiger partial charge in [-0.3, -0.25) is 4.90 Å². The third kappa shape index (κ3) is 7.53. The van der Waals surface area contributed by atoms with Crippen LogP contribution in [0.5, 0.6) is 0 Å². The van der Waals surface area contributed by atoms with E-state index in [9.17, 15) is 0 Å². The molecule has 0 radical (unpaired) electrons. The maximum Gasteiger partial charge on any atom is 0.0537 e. The molecule has 4 heteroatoms. The van der Waals surface area contributed by atoms with Gasteiger partial charge in [0.25, 0.3) is 0 Å². The highest BCUT2D eigenvalue weighted by Crippen LogP contribution is 2.42. The molecule has 1 saturated carbocycles. The van der Waals surface area contributed by atoms with Crippen molar-refractivity contribution in [3.05, 3.63) is 101 Å². The van der Waals surface area contributed by atoms with Crippen molar-refractivity contribution in [2.45, 2.75) is 103 Å². The van der Waals surface area contributed by atoms with Crippen LogP contribution in [0.2, 0.25) is 0 Å². The third-order valence-electron chi connectivity index (χ3n) is 9.58. The lowest BCUT2D eigenvalue weighted by Crippen LogP contribution is -2.39. The van der Waals surface area contributed by atoms with Crippen molar-refractivity contribution in [3.63, 3.8) is 0 Å². The topological polar surface area (TPSA) is 18.5 Å². The Hall–Kier alpha value is -2.49. The van der Waals surface area contributed by atoms with Crippen LogP contribution in [0.4, 0.5) is 5.69 Å². The molecule has 0 bridgehead atoms. The number of rotatable bonds is 13. The van der Waals surface area contributed by atoms with Crippen LogP contribution < -0.4 is 10.2 Å². The molecule has 0 saturated heterocycles. The molecule has 1 N–H and O–H groups in total. The Labute approximate surface area is 261 Å². The van der Waals surface area contributed by atoms with Crippen LogP contribution in [-0.2, 0) is 0 Å². The fourth-order valence-corrected chi connectivity index (χ4v) is 7.40. The second-order valence-electron chi connectivity index (χ2n) is 11.9. The lowest BCUT2D eigenvalue weighted by molar-refractivity contribution is 0.253. The number of likely N-dealkylation sites (N-methyl/N-ethyl adjacent to an activating group) is 1. The minimum Gasteiger partial charge on any atom is -0.381 e. The van der Waals surface area contributed by atoms with Gasteiger partial charge in [0, 0.05) is 48.0 Å². The maximum absolute atomic E-state index is 6.80. The van der Waals surface area contributed by atoms with Crippen LogP contribution >= 0.6 is 11.6 Å². The van der Waals surface area contributed by atoms with Crippen molar-refractivity contribution in [2.75, 3.05) is 31.1 Å². The molecule has 1 aromatic carbocycles. The number of benzene rings is 1. The molecule has 4 unspecified atom stereocenters. The summed E-state index contributed by atoms with van der Waals surface area (Å²) in [7, 11) is 0. The molecule has 1 fully saturated rings. The Balaban J connectivity index is 1.71. The lowest BCUT2D eigenvalue weighted by atomic mass is 9.76. The van der Waals surface area contributed by atoms with Crippen LogP contribution in [0, 0.1) is 0 Å². The van der Waals surface area contributed by atoms with E-state index in [-0.39, 0.29) is 11.3 Å². The minimum absolute atomic E-state index is 0.120. The Morgan fingerprint density at radius 1 is 1.02 bits per heavy atom. The Bertz CT molecular complexity index is 1190. The predicted octanol–water partition coefficient (Wildman–Crippen LogP) is 9.46. The highest BCUT2D eigenvalue weighted by atomic mass is 35.5. The summed E-state index contributed by atoms with van der Waals surface area (Å²) in [4.78, 5) is 4.95. The average molecular weight is 588 g/mol. The number of nitrogens with one attached hydrogen (secondary N) is 1. The first-order valence-corrected chi connectivity index (χ1v) is 17.0. The molecule has 4 atom stereocenters. The smallest absolute Gasteiger partial charge is 0.0537 e. The van der Waals surface area contributed by atoms with Gasteiger partial charge in [-0.2, -0.15) is 0 Å². The summed E-state index contributed by atoms with van der Waals surface area (Å²) in [5.74, 6) is 0.120. The zero-order chi connectivity index (χ0) is 30.1. The number of halogens is 1. The molecule has 0 aliphatic heterocycles. The standard InChI is InChI=1S/C38H54ClN3/c1-7-36(40-37-19-15-14-18-35(37)39)34-17-13-12-16-33(34)28(6)38(29-20-24-31(25-21-29)41(8-2)9-3)30-22-26-32(27-23-30)42(10-4)11-5/h7,13,17,20-26,32,35,37-38,40H,6,8-12,14-16,18-19,27H2,1-5H3/b36-7+. The average Bonchev–Trinajstić information content (AvgIpc) is 3.03. The molecule has 3 nitrogen and oxygen atoms in total. The molecular formula is C38H54ClN3. The van der Waals surface area contributed by atoms with Gasteiger partial charge < -0.3 is 10.2 Å². The van der Waals surface area contributed by atoms with E-state index in [1.807, 2.05) is 0 Å². The van der Waals surface area contributed by atoms with Gasteiger partial charge in [-0.15, -0.1) is 11.6 Å². The number of alkyl halides is 1. The van der Waals surface area contributed by atoms with Gasteiger partial charge in [0.1, 0.15) is 0 Å². The molecular weight excluding hydrogens is 534 g/mol. The quantitative estimate of drug-likeness (QED) is 0.232. The number of hydrogen-bond acceptors (Lipinski definition) is 3. The highest BCUT2D eigenvalue weighted by Gasteiger charge is 2.29. The largest absolute Gasteiger partial charge is 0.381 e. The first-order chi connectivity index (χ1) is 20.4. The molecule has 0 heterocycles. The molecule has 0 spiro atoms. The van der Waals surface area contributed by atoms with Crippen LogP contribution in [-0.4, -0.2) is 48.5 Å². The van der Waals surface area contributed by atoms with Crippen LogP contribution in [0.3, 0.4) is 0 Å². The fraction of sp³-hybridized carbons (Fsp3) is 0.526. The van der Waals surface area contributed by atoms with E-state index in [0.29, 0.717) is 12.1 Å². The summed E-state index contributed by atoms with van der Waals surface area (Å²) in [6.45, 7) is 20.2. The maximum atomic E-state index is 6.80. The van der Waals surface area contributed by atoms with Gasteiger partial charge in [-0.1, -0.05) is 81.9 Å². The summed E-state index contributed by atoms with van der Waals surface area (Å²) in [6.07, 6.45) is 21.9. The Kier molecular flexibility index (Phi) is 12.2. The second kappa shape index (κ2) is 15.8. The predicted molar refractivity (Wildman–Crippen MR) is 185 cm³/mol. The number of allylic oxidation sites excluding steroid dienone is 7. The lowest BCUT2D eigenvalue weighted by Gasteiger charge is -2.33. The van der Waals surface area contributed by atoms with Crippen molar-refractivity contribution < 1.29 is 0 Å². The molecule has 228 valence electrons. The first kappa shape index (κ1) is 32.4. The zero-order valence-corrected chi connectivity index (χ0v) is 27.6. The van der Waals surface area contributed by atoms with Gasteiger partial charge in [-0.05, 0) is 100 Å². The van der Waals surface area contributed by atoms with Crippen molar-refractivity contribution in [3.8, 4) is 0 Å². The summed E-state index contributed by atoms with van der Waals surface area (Å²) in [5.41, 5.74) is 9.04. The molecule has 3 aliphatic carbocycles. The first-order valence-electron chi connectivity index (χ1n) is 16.6. The monoisotopic (exact) mass is 587 g/mol. The van der Waals surface area contributed by atoms with E-state index in [1.54, 1.807) is 0 Å². The molecule has 0 amide bonds. The van der Waals surface area contributed by atoms with Gasteiger partial charge in [-0.25, -0.2) is 0 Å². The normalized spacial score (nSPS) is 23.6. The van der Waals surface area contributed by atoms with E-state index in [0.717, 1.165) is 58.3 Å². The summed E-state index contributed by atoms with van der Waals surface area (Å²) < 4.78 is 0. The molecule has 1 aromatic rings. The van der Waals surface area contributed by atoms with Gasteiger partial charge in [0.15, 0.2) is 0 Å². The molecule has 4 rings (SSSR count). The number of anilines is 1. The highest BCUT2D eigenvalue weighted by molar-refractivity contribution is 6.21. The Morgan fingerprint density at radius 2 is 1.74 bits per heavy atom.